The van der Waals surface area contributed by atoms with E-state index in [0.717, 1.165) is 18.5 Å². The molecule has 468 valence electrons. The number of pyridine rings is 1. The largest absolute Gasteiger partial charge is 0.493 e. The van der Waals surface area contributed by atoms with Crippen LogP contribution >= 0.6 is 35.0 Å². The molecule has 8 rings (SSSR count). The van der Waals surface area contributed by atoms with Gasteiger partial charge in [0.05, 0.1) is 65.7 Å². The molecule has 6 heterocycles. The molecule has 19 atom stereocenters. The molecule has 6 fully saturated rings. The van der Waals surface area contributed by atoms with Gasteiger partial charge in [0.1, 0.15) is 22.7 Å². The number of carbonyl (C=O) groups is 5. The molecule has 1 amide bonds. The number of halogens is 2. The zero-order chi connectivity index (χ0) is 61.3. The van der Waals surface area contributed by atoms with E-state index in [1.54, 1.807) is 59.1 Å². The van der Waals surface area contributed by atoms with Crippen molar-refractivity contribution < 1.29 is 80.8 Å². The maximum atomic E-state index is 15.6. The molecule has 84 heavy (non-hydrogen) atoms. The van der Waals surface area contributed by atoms with E-state index in [9.17, 15) is 14.4 Å². The monoisotopic (exact) mass is 1240 g/mol. The van der Waals surface area contributed by atoms with Gasteiger partial charge in [0.25, 0.3) is 0 Å². The van der Waals surface area contributed by atoms with Gasteiger partial charge in [0, 0.05) is 107 Å². The van der Waals surface area contributed by atoms with E-state index in [1.807, 2.05) is 59.7 Å². The SMILES string of the molecule is CC[C@H]1OC(=O)[C@H](C)[C@@H](O[C@H]2C[C@@](C)(OC)[C@@H](OC(C)=O)[C@H](C)O2)[C@H](C)[C@@H](O[C@@H]2O[C@H](C)C[C@H]3[C@H]2OC(=O)N3C)[C@](C)(OC)C[C@@H](C)C(=O)[C@H](C)[C@H]2C(SCCN(Cc3c(Cl)cncc3Cl)c3ccc(OC)c(OCC4CC4)c3)C(=O)O[C@@]21C. The Balaban J connectivity index is 1.16. The number of carbonyl (C=O) groups excluding carboxylic acids is 5. The molecule has 1 aliphatic carbocycles. The van der Waals surface area contributed by atoms with Gasteiger partial charge in [0.2, 0.25) is 0 Å². The Labute approximate surface area is 508 Å². The quantitative estimate of drug-likeness (QED) is 0.0945. The minimum Gasteiger partial charge on any atom is -0.493 e. The first-order valence-corrected chi connectivity index (χ1v) is 31.3. The van der Waals surface area contributed by atoms with Crippen LogP contribution in [0.1, 0.15) is 120 Å². The van der Waals surface area contributed by atoms with E-state index in [1.165, 1.54) is 32.9 Å². The average molecular weight is 1240 g/mol. The van der Waals surface area contributed by atoms with Crippen molar-refractivity contribution in [3.8, 4) is 11.5 Å². The Bertz CT molecular complexity index is 2670. The average Bonchev–Trinajstić information content (AvgIpc) is 2.86. The molecule has 0 bridgehead atoms. The van der Waals surface area contributed by atoms with Gasteiger partial charge in [-0.05, 0) is 91.7 Å². The number of thioether (sulfide) groups is 1. The molecule has 0 N–H and O–H groups in total. The van der Waals surface area contributed by atoms with Crippen LogP contribution in [0.15, 0.2) is 30.6 Å². The molecular formula is C61H87Cl2N3O17S. The molecule has 1 unspecified atom stereocenters. The smallest absolute Gasteiger partial charge is 0.410 e. The summed E-state index contributed by atoms with van der Waals surface area (Å²) in [5, 5.41) is -0.124. The Morgan fingerprint density at radius 3 is 2.18 bits per heavy atom. The number of ether oxygens (including phenoxy) is 12. The Kier molecular flexibility index (Phi) is 21.2. The zero-order valence-corrected chi connectivity index (χ0v) is 53.5. The van der Waals surface area contributed by atoms with Crippen molar-refractivity contribution in [3.05, 3.63) is 46.2 Å². The fourth-order valence-electron chi connectivity index (χ4n) is 13.4. The molecule has 0 spiro atoms. The number of benzene rings is 1. The molecule has 6 aliphatic rings. The molecule has 5 saturated heterocycles. The maximum absolute atomic E-state index is 15.6. The van der Waals surface area contributed by atoms with Gasteiger partial charge in [-0.1, -0.05) is 50.9 Å². The number of aromatic nitrogens is 1. The molecule has 20 nitrogen and oxygen atoms in total. The highest BCUT2D eigenvalue weighted by Gasteiger charge is 2.62. The number of hydrogen-bond acceptors (Lipinski definition) is 20. The lowest BCUT2D eigenvalue weighted by Crippen LogP contribution is -2.61. The third kappa shape index (κ3) is 13.9. The number of Topliss-reactive ketones (excluding diaryl/α,β-unsaturated/α-hetero) is 1. The standard InChI is InChI=1S/C61H87Cl2N3O17S/c1-16-46-61(11)48(52(56(70)83-61)84-22-21-66(29-40-41(62)27-64-28-42(40)63)39-19-20-44(72-13)45(24-39)75-30-38-17-18-38)33(4)49(68)31(2)25-59(9,73-14)53(82-57-51-43(23-32(3)76-57)65(12)58(71)81-51)34(5)50(35(6)55(69)79-46)80-47-26-60(10,74-15)54(36(7)77-47)78-37(8)67/h19-20,24,27-28,31-36,38,43,46-48,50-54,57H,16-18,21-23,25-26,29-30H2,1-15H3/t31-,32-,33-,34+,35-,36+,43+,46-,47+,48+,50+,51-,52?,53-,54+,57+,59-,60-,61-/m1/s1. The van der Waals surface area contributed by atoms with E-state index < -0.39 is 125 Å². The van der Waals surface area contributed by atoms with Crippen LogP contribution in [0.25, 0.3) is 0 Å². The maximum Gasteiger partial charge on any atom is 0.410 e. The van der Waals surface area contributed by atoms with Crippen LogP contribution in [0.2, 0.25) is 10.0 Å². The predicted octanol–water partition coefficient (Wildman–Crippen LogP) is 9.67. The summed E-state index contributed by atoms with van der Waals surface area (Å²) in [5.74, 6) is -4.14. The Morgan fingerprint density at radius 1 is 0.869 bits per heavy atom. The zero-order valence-electron chi connectivity index (χ0n) is 51.2. The molecular weight excluding hydrogens is 1150 g/mol. The normalized spacial score (nSPS) is 37.5. The Morgan fingerprint density at radius 2 is 1.55 bits per heavy atom. The number of fused-ring (bicyclic) bond motifs is 2. The number of nitrogens with zero attached hydrogens (tertiary/aromatic N) is 3. The second-order valence-corrected chi connectivity index (χ2v) is 26.6. The van der Waals surface area contributed by atoms with Crippen LogP contribution in [0.3, 0.4) is 0 Å². The summed E-state index contributed by atoms with van der Waals surface area (Å²) in [4.78, 5) is 79.0. The van der Waals surface area contributed by atoms with E-state index in [4.69, 9.17) is 80.0 Å². The van der Waals surface area contributed by atoms with Gasteiger partial charge in [-0.15, -0.1) is 11.8 Å². The van der Waals surface area contributed by atoms with Gasteiger partial charge in [-0.2, -0.15) is 0 Å². The minimum atomic E-state index is -1.50. The van der Waals surface area contributed by atoms with Gasteiger partial charge in [0.15, 0.2) is 41.9 Å². The van der Waals surface area contributed by atoms with Crippen molar-refractivity contribution in [2.45, 2.75) is 205 Å². The van der Waals surface area contributed by atoms with E-state index in [-0.39, 0.29) is 43.7 Å². The third-order valence-corrected chi connectivity index (χ3v) is 20.4. The first-order chi connectivity index (χ1) is 39.7. The number of likely N-dealkylation sites (N-methyl/N-ethyl adjacent to an activating group) is 1. The highest BCUT2D eigenvalue weighted by Crippen LogP contribution is 2.50. The summed E-state index contributed by atoms with van der Waals surface area (Å²) >= 11 is 14.9. The van der Waals surface area contributed by atoms with Crippen molar-refractivity contribution in [2.75, 3.05) is 52.2 Å². The number of cyclic esters (lactones) is 1. The summed E-state index contributed by atoms with van der Waals surface area (Å²) in [6.07, 6.45) is -2.39. The molecule has 1 saturated carbocycles. The van der Waals surface area contributed by atoms with Crippen LogP contribution in [0.4, 0.5) is 10.5 Å². The first-order valence-electron chi connectivity index (χ1n) is 29.5. The highest BCUT2D eigenvalue weighted by atomic mass is 35.5. The minimum absolute atomic E-state index is 0.0772. The third-order valence-electron chi connectivity index (χ3n) is 18.5. The summed E-state index contributed by atoms with van der Waals surface area (Å²) in [6.45, 7) is 20.7. The number of hydrogen-bond donors (Lipinski definition) is 0. The first kappa shape index (κ1) is 65.8. The van der Waals surface area contributed by atoms with Crippen LogP contribution in [0.5, 0.6) is 11.5 Å². The van der Waals surface area contributed by atoms with Gasteiger partial charge in [-0.3, -0.25) is 24.2 Å². The number of amides is 1. The molecule has 0 radical (unpaired) electrons. The fourth-order valence-corrected chi connectivity index (χ4v) is 15.4. The number of ketones is 1. The number of rotatable bonds is 19. The van der Waals surface area contributed by atoms with E-state index >= 15 is 9.59 Å². The number of esters is 3. The lowest BCUT2D eigenvalue weighted by Gasteiger charge is -2.49. The molecule has 23 heteroatoms. The fraction of sp³-hybridized carbons (Fsp3) is 0.738. The van der Waals surface area contributed by atoms with Crippen LogP contribution in [-0.2, 0) is 73.1 Å². The number of methoxy groups -OCH3 is 3. The van der Waals surface area contributed by atoms with Crippen molar-refractivity contribution >= 4 is 70.4 Å². The Hall–Kier alpha value is -4.19. The molecule has 1 aromatic carbocycles. The van der Waals surface area contributed by atoms with Crippen molar-refractivity contribution in [2.24, 2.45) is 35.5 Å². The van der Waals surface area contributed by atoms with Gasteiger partial charge < -0.3 is 66.6 Å². The summed E-state index contributed by atoms with van der Waals surface area (Å²) < 4.78 is 76.7. The predicted molar refractivity (Wildman–Crippen MR) is 313 cm³/mol. The van der Waals surface area contributed by atoms with Crippen molar-refractivity contribution in [1.82, 2.24) is 9.88 Å². The topological polar surface area (TPSA) is 215 Å². The van der Waals surface area contributed by atoms with Crippen LogP contribution in [0, 0.1) is 35.5 Å². The molecule has 5 aliphatic heterocycles. The summed E-state index contributed by atoms with van der Waals surface area (Å²) in [6, 6.07) is 5.34. The van der Waals surface area contributed by atoms with Crippen LogP contribution in [-0.4, -0.2) is 170 Å². The van der Waals surface area contributed by atoms with Gasteiger partial charge in [-0.25, -0.2) is 4.79 Å². The lowest BCUT2D eigenvalue weighted by atomic mass is 9.70. The van der Waals surface area contributed by atoms with Crippen LogP contribution < -0.4 is 14.4 Å². The van der Waals surface area contributed by atoms with E-state index in [2.05, 4.69) is 9.88 Å². The summed E-state index contributed by atoms with van der Waals surface area (Å²) in [7, 11) is 6.33. The second kappa shape index (κ2) is 27.1. The van der Waals surface area contributed by atoms with E-state index in [0.29, 0.717) is 58.4 Å². The molecule has 2 aromatic rings. The lowest BCUT2D eigenvalue weighted by molar-refractivity contribution is -0.316. The van der Waals surface area contributed by atoms with Gasteiger partial charge >= 0.3 is 24.0 Å². The second-order valence-electron chi connectivity index (χ2n) is 24.6. The number of anilines is 1. The van der Waals surface area contributed by atoms with Crippen molar-refractivity contribution in [1.29, 1.82) is 0 Å². The summed E-state index contributed by atoms with van der Waals surface area (Å²) in [5.41, 5.74) is -2.49. The molecule has 1 aromatic heterocycles. The highest BCUT2D eigenvalue weighted by molar-refractivity contribution is 8.00. The van der Waals surface area contributed by atoms with Crippen molar-refractivity contribution in [3.63, 3.8) is 0 Å².